The zero-order valence-corrected chi connectivity index (χ0v) is 32.7. The molecule has 2 atom stereocenters. The average molecular weight is 671 g/mol. The molecule has 1 saturated heterocycles. The van der Waals surface area contributed by atoms with Gasteiger partial charge in [0.25, 0.3) is 0 Å². The van der Waals surface area contributed by atoms with E-state index in [0.29, 0.717) is 31.6 Å². The zero-order valence-electron chi connectivity index (χ0n) is 31.8. The van der Waals surface area contributed by atoms with Gasteiger partial charge in [0.2, 0.25) is 0 Å². The summed E-state index contributed by atoms with van der Waals surface area (Å²) in [7, 11) is -3.36. The summed E-state index contributed by atoms with van der Waals surface area (Å²) in [6.07, 6.45) is 35.8. The van der Waals surface area contributed by atoms with Gasteiger partial charge in [-0.15, -0.1) is 0 Å². The maximum absolute atomic E-state index is 14.4. The lowest BCUT2D eigenvalue weighted by Crippen LogP contribution is -2.32. The van der Waals surface area contributed by atoms with E-state index in [-0.39, 0.29) is 0 Å². The Bertz CT molecular complexity index is 633. The molecule has 0 aliphatic carbocycles. The quantitative estimate of drug-likeness (QED) is 0.0537. The first-order chi connectivity index (χ1) is 22.6. The molecule has 5 nitrogen and oxygen atoms in total. The van der Waals surface area contributed by atoms with E-state index in [0.717, 1.165) is 13.0 Å². The van der Waals surface area contributed by atoms with Crippen LogP contribution >= 0.6 is 7.75 Å². The predicted octanol–water partition coefficient (Wildman–Crippen LogP) is 13.3. The van der Waals surface area contributed by atoms with Gasteiger partial charge in [-0.2, -0.15) is 0 Å². The molecule has 0 radical (unpaired) electrons. The Morgan fingerprint density at radius 1 is 0.522 bits per heavy atom. The second-order valence-electron chi connectivity index (χ2n) is 14.8. The molecule has 46 heavy (non-hydrogen) atoms. The van der Waals surface area contributed by atoms with Crippen molar-refractivity contribution in [2.24, 2.45) is 11.8 Å². The normalized spacial score (nSPS) is 16.9. The zero-order chi connectivity index (χ0) is 33.4. The smallest absolute Gasteiger partial charge is 0.303 e. The fourth-order valence-corrected chi connectivity index (χ4v) is 8.51. The van der Waals surface area contributed by atoms with Crippen LogP contribution < -0.4 is 5.09 Å². The third kappa shape index (κ3) is 26.0. The SMILES string of the molecule is CCCCCCCCC(CCCCCC)COP(=O)(NCCCN1CCCCC1)OCC(CCCCCC)CCCCCCCC. The van der Waals surface area contributed by atoms with Gasteiger partial charge in [-0.25, -0.2) is 9.65 Å². The largest absolute Gasteiger partial charge is 0.405 e. The summed E-state index contributed by atoms with van der Waals surface area (Å²) in [6, 6.07) is 0. The van der Waals surface area contributed by atoms with Gasteiger partial charge in [-0.05, 0) is 76.4 Å². The first kappa shape index (κ1) is 44.1. The second kappa shape index (κ2) is 32.3. The van der Waals surface area contributed by atoms with Gasteiger partial charge in [0, 0.05) is 6.54 Å². The molecule has 1 heterocycles. The summed E-state index contributed by atoms with van der Waals surface area (Å²) in [5, 5.41) is 3.36. The first-order valence-electron chi connectivity index (χ1n) is 20.9. The highest BCUT2D eigenvalue weighted by Crippen LogP contribution is 2.45. The molecule has 0 bridgehead atoms. The van der Waals surface area contributed by atoms with Gasteiger partial charge in [-0.1, -0.05) is 163 Å². The number of unbranched alkanes of at least 4 members (excludes halogenated alkanes) is 16. The lowest BCUT2D eigenvalue weighted by Gasteiger charge is -2.27. The lowest BCUT2D eigenvalue weighted by molar-refractivity contribution is 0.139. The van der Waals surface area contributed by atoms with Crippen LogP contribution in [0.3, 0.4) is 0 Å². The Kier molecular flexibility index (Phi) is 30.9. The van der Waals surface area contributed by atoms with E-state index < -0.39 is 7.75 Å². The van der Waals surface area contributed by atoms with E-state index >= 15 is 0 Å². The minimum Gasteiger partial charge on any atom is -0.303 e. The van der Waals surface area contributed by atoms with Crippen molar-refractivity contribution in [3.63, 3.8) is 0 Å². The third-order valence-corrected chi connectivity index (χ3v) is 11.8. The number of hydrogen-bond donors (Lipinski definition) is 1. The Balaban J connectivity index is 2.79. The highest BCUT2D eigenvalue weighted by atomic mass is 31.2. The predicted molar refractivity (Wildman–Crippen MR) is 203 cm³/mol. The Morgan fingerprint density at radius 3 is 1.30 bits per heavy atom. The second-order valence-corrected chi connectivity index (χ2v) is 16.6. The molecule has 6 heteroatoms. The highest BCUT2D eigenvalue weighted by Gasteiger charge is 2.28. The van der Waals surface area contributed by atoms with E-state index in [4.69, 9.17) is 9.05 Å². The molecule has 1 aliphatic rings. The van der Waals surface area contributed by atoms with Gasteiger partial charge >= 0.3 is 7.75 Å². The van der Waals surface area contributed by atoms with Crippen LogP contribution in [0, 0.1) is 11.8 Å². The van der Waals surface area contributed by atoms with Crippen molar-refractivity contribution in [3.8, 4) is 0 Å². The van der Waals surface area contributed by atoms with Crippen LogP contribution in [-0.4, -0.2) is 44.3 Å². The maximum Gasteiger partial charge on any atom is 0.405 e. The highest BCUT2D eigenvalue weighted by molar-refractivity contribution is 7.51. The molecule has 1 fully saturated rings. The van der Waals surface area contributed by atoms with Crippen LogP contribution in [-0.2, 0) is 13.6 Å². The summed E-state index contributed by atoms with van der Waals surface area (Å²) in [4.78, 5) is 2.57. The number of nitrogens with zero attached hydrogens (tertiary/aromatic N) is 1. The molecule has 1 aliphatic heterocycles. The molecule has 0 aromatic rings. The van der Waals surface area contributed by atoms with Crippen molar-refractivity contribution in [2.75, 3.05) is 39.4 Å². The fourth-order valence-electron chi connectivity index (χ4n) is 7.01. The first-order valence-corrected chi connectivity index (χ1v) is 22.5. The lowest BCUT2D eigenvalue weighted by atomic mass is 9.95. The number of likely N-dealkylation sites (tertiary alicyclic amines) is 1. The molecule has 0 spiro atoms. The van der Waals surface area contributed by atoms with Crippen LogP contribution in [0.25, 0.3) is 0 Å². The number of nitrogens with one attached hydrogen (secondary N) is 1. The Labute approximate surface area is 289 Å². The van der Waals surface area contributed by atoms with Gasteiger partial charge in [0.15, 0.2) is 0 Å². The molecular formula is C40H83N2O3P. The monoisotopic (exact) mass is 671 g/mol. The van der Waals surface area contributed by atoms with Gasteiger partial charge in [0.1, 0.15) is 0 Å². The van der Waals surface area contributed by atoms with E-state index in [1.165, 1.54) is 186 Å². The minimum atomic E-state index is -3.36. The van der Waals surface area contributed by atoms with E-state index in [1.54, 1.807) is 0 Å². The van der Waals surface area contributed by atoms with Crippen LogP contribution in [0.4, 0.5) is 0 Å². The minimum absolute atomic E-state index is 0.475. The van der Waals surface area contributed by atoms with Crippen LogP contribution in [0.2, 0.25) is 0 Å². The third-order valence-electron chi connectivity index (χ3n) is 10.2. The molecule has 1 N–H and O–H groups in total. The van der Waals surface area contributed by atoms with Gasteiger partial charge in [0.05, 0.1) is 13.2 Å². The molecule has 0 aromatic heterocycles. The van der Waals surface area contributed by atoms with Gasteiger partial charge < -0.3 is 4.90 Å². The van der Waals surface area contributed by atoms with Crippen molar-refractivity contribution >= 4 is 7.75 Å². The summed E-state index contributed by atoms with van der Waals surface area (Å²) in [6.45, 7) is 14.5. The van der Waals surface area contributed by atoms with Crippen molar-refractivity contribution in [1.29, 1.82) is 0 Å². The summed E-state index contributed by atoms with van der Waals surface area (Å²) in [5.41, 5.74) is 0. The number of piperidine rings is 1. The molecule has 276 valence electrons. The van der Waals surface area contributed by atoms with Gasteiger partial charge in [-0.3, -0.25) is 9.05 Å². The molecular weight excluding hydrogens is 587 g/mol. The van der Waals surface area contributed by atoms with E-state index in [1.807, 2.05) is 0 Å². The standard InChI is InChI=1S/C40H83N2O3P/c1-5-9-13-17-19-24-31-39(29-22-15-11-7-3)37-44-46(43,41-33-28-36-42-34-26-21-27-35-42)45-38-40(30-23-16-12-8-4)32-25-20-18-14-10-6-2/h39-40H,5-38H2,1-4H3,(H,41,43). The molecule has 0 amide bonds. The average Bonchev–Trinajstić information content (AvgIpc) is 3.07. The molecule has 0 saturated carbocycles. The van der Waals surface area contributed by atoms with Crippen molar-refractivity contribution < 1.29 is 13.6 Å². The molecule has 2 unspecified atom stereocenters. The van der Waals surface area contributed by atoms with Crippen molar-refractivity contribution in [1.82, 2.24) is 9.99 Å². The van der Waals surface area contributed by atoms with E-state index in [9.17, 15) is 4.57 Å². The van der Waals surface area contributed by atoms with Crippen LogP contribution in [0.1, 0.15) is 207 Å². The fraction of sp³-hybridized carbons (Fsp3) is 1.00. The Hall–Kier alpha value is 0.0700. The van der Waals surface area contributed by atoms with Crippen molar-refractivity contribution in [3.05, 3.63) is 0 Å². The summed E-state index contributed by atoms with van der Waals surface area (Å²) >= 11 is 0. The maximum atomic E-state index is 14.4. The number of hydrogen-bond acceptors (Lipinski definition) is 4. The topological polar surface area (TPSA) is 50.8 Å². The molecule has 1 rings (SSSR count). The summed E-state index contributed by atoms with van der Waals surface area (Å²) < 4.78 is 27.2. The van der Waals surface area contributed by atoms with Crippen LogP contribution in [0.5, 0.6) is 0 Å². The van der Waals surface area contributed by atoms with Crippen molar-refractivity contribution in [2.45, 2.75) is 207 Å². The van der Waals surface area contributed by atoms with E-state index in [2.05, 4.69) is 37.7 Å². The van der Waals surface area contributed by atoms with Crippen LogP contribution in [0.15, 0.2) is 0 Å². The number of rotatable bonds is 35. The molecule has 0 aromatic carbocycles. The summed E-state index contributed by atoms with van der Waals surface area (Å²) in [5.74, 6) is 0.950. The Morgan fingerprint density at radius 2 is 0.891 bits per heavy atom.